The van der Waals surface area contributed by atoms with Crippen molar-refractivity contribution in [3.05, 3.63) is 60.2 Å². The average molecular weight is 301 g/mol. The highest BCUT2D eigenvalue weighted by atomic mass is 16.5. The van der Waals surface area contributed by atoms with Gasteiger partial charge in [0.1, 0.15) is 0 Å². The quantitative estimate of drug-likeness (QED) is 0.576. The molecule has 0 aliphatic heterocycles. The Labute approximate surface area is 126 Å². The molecule has 2 rings (SSSR count). The fourth-order valence-electron chi connectivity index (χ4n) is 2.06. The number of aliphatic hydroxyl groups is 1. The summed E-state index contributed by atoms with van der Waals surface area (Å²) in [7, 11) is 0. The fraction of sp³-hybridized carbons (Fsp3) is 0.125. The Morgan fingerprint density at radius 3 is 2.18 bits per heavy atom. The second-order valence-corrected chi connectivity index (χ2v) is 4.60. The van der Waals surface area contributed by atoms with Gasteiger partial charge in [0.15, 0.2) is 6.04 Å². The SMILES string of the molecule is O=C(O)C(CO)N(O)C(=O)c1ccccc1-c1ccccc1. The molecular formula is C16H15NO5. The van der Waals surface area contributed by atoms with Crippen molar-refractivity contribution in [2.45, 2.75) is 6.04 Å². The minimum Gasteiger partial charge on any atom is -0.480 e. The van der Waals surface area contributed by atoms with E-state index in [2.05, 4.69) is 0 Å². The first-order valence-corrected chi connectivity index (χ1v) is 6.56. The zero-order valence-electron chi connectivity index (χ0n) is 11.6. The second-order valence-electron chi connectivity index (χ2n) is 4.60. The normalized spacial score (nSPS) is 11.7. The van der Waals surface area contributed by atoms with E-state index in [1.54, 1.807) is 42.5 Å². The largest absolute Gasteiger partial charge is 0.480 e. The van der Waals surface area contributed by atoms with Gasteiger partial charge in [0.25, 0.3) is 5.91 Å². The van der Waals surface area contributed by atoms with Gasteiger partial charge in [-0.05, 0) is 17.2 Å². The molecule has 1 atom stereocenters. The molecule has 1 amide bonds. The molecule has 114 valence electrons. The van der Waals surface area contributed by atoms with E-state index in [-0.39, 0.29) is 10.6 Å². The fourth-order valence-corrected chi connectivity index (χ4v) is 2.06. The van der Waals surface area contributed by atoms with Gasteiger partial charge >= 0.3 is 5.97 Å². The van der Waals surface area contributed by atoms with Gasteiger partial charge in [-0.2, -0.15) is 0 Å². The van der Waals surface area contributed by atoms with Crippen molar-refractivity contribution in [2.24, 2.45) is 0 Å². The second kappa shape index (κ2) is 6.84. The molecule has 0 aliphatic carbocycles. The van der Waals surface area contributed by atoms with Gasteiger partial charge in [-0.25, -0.2) is 9.86 Å². The molecule has 0 heterocycles. The highest BCUT2D eigenvalue weighted by Crippen LogP contribution is 2.24. The van der Waals surface area contributed by atoms with Crippen LogP contribution in [0.1, 0.15) is 10.4 Å². The molecule has 0 bridgehead atoms. The molecule has 1 unspecified atom stereocenters. The summed E-state index contributed by atoms with van der Waals surface area (Å²) in [6.45, 7) is -0.884. The van der Waals surface area contributed by atoms with Crippen LogP contribution in [0.2, 0.25) is 0 Å². The molecule has 2 aromatic rings. The van der Waals surface area contributed by atoms with E-state index >= 15 is 0 Å². The summed E-state index contributed by atoms with van der Waals surface area (Å²) >= 11 is 0. The van der Waals surface area contributed by atoms with Crippen LogP contribution in [0.4, 0.5) is 0 Å². The van der Waals surface area contributed by atoms with Crippen LogP contribution in [0.5, 0.6) is 0 Å². The molecule has 22 heavy (non-hydrogen) atoms. The van der Waals surface area contributed by atoms with E-state index in [1.165, 1.54) is 6.07 Å². The highest BCUT2D eigenvalue weighted by molar-refractivity contribution is 6.01. The van der Waals surface area contributed by atoms with Crippen LogP contribution in [0.25, 0.3) is 11.1 Å². The van der Waals surface area contributed by atoms with E-state index in [1.807, 2.05) is 6.07 Å². The van der Waals surface area contributed by atoms with Crippen molar-refractivity contribution < 1.29 is 25.0 Å². The van der Waals surface area contributed by atoms with Gasteiger partial charge in [-0.1, -0.05) is 48.5 Å². The Morgan fingerprint density at radius 1 is 1.00 bits per heavy atom. The number of carboxylic acid groups (broad SMARTS) is 1. The monoisotopic (exact) mass is 301 g/mol. The summed E-state index contributed by atoms with van der Waals surface area (Å²) in [5.74, 6) is -2.38. The number of amides is 1. The minimum absolute atomic E-state index is 0.0457. The number of benzene rings is 2. The molecule has 0 aliphatic rings. The lowest BCUT2D eigenvalue weighted by Crippen LogP contribution is -2.45. The average Bonchev–Trinajstić information content (AvgIpc) is 2.55. The van der Waals surface area contributed by atoms with Crippen LogP contribution in [0.3, 0.4) is 0 Å². The lowest BCUT2D eigenvalue weighted by molar-refractivity contribution is -0.161. The third-order valence-electron chi connectivity index (χ3n) is 3.20. The van der Waals surface area contributed by atoms with E-state index in [0.717, 1.165) is 5.56 Å². The summed E-state index contributed by atoms with van der Waals surface area (Å²) in [6, 6.07) is 13.9. The number of hydroxylamine groups is 2. The lowest BCUT2D eigenvalue weighted by atomic mass is 9.99. The van der Waals surface area contributed by atoms with Crippen molar-refractivity contribution in [3.8, 4) is 11.1 Å². The number of hydrogen-bond acceptors (Lipinski definition) is 4. The van der Waals surface area contributed by atoms with Gasteiger partial charge < -0.3 is 10.2 Å². The van der Waals surface area contributed by atoms with Gasteiger partial charge in [0.2, 0.25) is 0 Å². The Balaban J connectivity index is 2.41. The van der Waals surface area contributed by atoms with E-state index in [9.17, 15) is 14.8 Å². The first kappa shape index (κ1) is 15.7. The van der Waals surface area contributed by atoms with E-state index in [4.69, 9.17) is 10.2 Å². The Bertz CT molecular complexity index is 671. The molecule has 0 saturated heterocycles. The van der Waals surface area contributed by atoms with Gasteiger partial charge in [0.05, 0.1) is 6.61 Å². The molecule has 0 spiro atoms. The Hall–Kier alpha value is -2.70. The summed E-state index contributed by atoms with van der Waals surface area (Å²) < 4.78 is 0. The third-order valence-corrected chi connectivity index (χ3v) is 3.20. The van der Waals surface area contributed by atoms with Crippen molar-refractivity contribution in [1.29, 1.82) is 0 Å². The molecule has 0 saturated carbocycles. The van der Waals surface area contributed by atoms with Crippen molar-refractivity contribution in [3.63, 3.8) is 0 Å². The Kier molecular flexibility index (Phi) is 4.88. The number of rotatable bonds is 5. The molecule has 3 N–H and O–H groups in total. The third kappa shape index (κ3) is 3.13. The number of aliphatic hydroxyl groups excluding tert-OH is 1. The van der Waals surface area contributed by atoms with Crippen LogP contribution >= 0.6 is 0 Å². The topological polar surface area (TPSA) is 98.1 Å². The number of hydrogen-bond donors (Lipinski definition) is 3. The highest BCUT2D eigenvalue weighted by Gasteiger charge is 2.30. The molecule has 0 radical (unpaired) electrons. The first-order chi connectivity index (χ1) is 10.6. The van der Waals surface area contributed by atoms with Crippen LogP contribution in [0.15, 0.2) is 54.6 Å². The summed E-state index contributed by atoms with van der Waals surface area (Å²) in [6.07, 6.45) is 0. The number of carboxylic acids is 1. The van der Waals surface area contributed by atoms with Crippen LogP contribution in [0, 0.1) is 0 Å². The molecule has 0 aromatic heterocycles. The van der Waals surface area contributed by atoms with Gasteiger partial charge in [-0.3, -0.25) is 10.0 Å². The maximum absolute atomic E-state index is 12.3. The predicted molar refractivity (Wildman–Crippen MR) is 78.3 cm³/mol. The van der Waals surface area contributed by atoms with E-state index in [0.29, 0.717) is 5.56 Å². The number of carbonyl (C=O) groups excluding carboxylic acids is 1. The molecule has 6 heteroatoms. The summed E-state index contributed by atoms with van der Waals surface area (Å²) in [4.78, 5) is 23.3. The summed E-state index contributed by atoms with van der Waals surface area (Å²) in [5.41, 5.74) is 1.47. The smallest absolute Gasteiger partial charge is 0.331 e. The molecule has 6 nitrogen and oxygen atoms in total. The van der Waals surface area contributed by atoms with Crippen molar-refractivity contribution in [1.82, 2.24) is 5.06 Å². The predicted octanol–water partition coefficient (Wildman–Crippen LogP) is 1.63. The lowest BCUT2D eigenvalue weighted by Gasteiger charge is -2.22. The minimum atomic E-state index is -1.71. The maximum atomic E-state index is 12.3. The van der Waals surface area contributed by atoms with Crippen molar-refractivity contribution >= 4 is 11.9 Å². The number of carbonyl (C=O) groups is 2. The standard InChI is InChI=1S/C16H15NO5/c18-10-14(16(20)21)17(22)15(19)13-9-5-4-8-12(13)11-6-2-1-3-7-11/h1-9,14,18,22H,10H2,(H,20,21). The zero-order valence-corrected chi connectivity index (χ0v) is 11.6. The van der Waals surface area contributed by atoms with Crippen LogP contribution in [-0.4, -0.2) is 45.0 Å². The molecule has 0 fully saturated rings. The summed E-state index contributed by atoms with van der Waals surface area (Å²) in [5, 5.41) is 27.8. The van der Waals surface area contributed by atoms with Gasteiger partial charge in [0, 0.05) is 5.56 Å². The molecule has 2 aromatic carbocycles. The first-order valence-electron chi connectivity index (χ1n) is 6.56. The molecular weight excluding hydrogens is 286 g/mol. The number of aliphatic carboxylic acids is 1. The zero-order chi connectivity index (χ0) is 16.1. The van der Waals surface area contributed by atoms with Gasteiger partial charge in [-0.15, -0.1) is 0 Å². The number of nitrogens with zero attached hydrogens (tertiary/aromatic N) is 1. The Morgan fingerprint density at radius 2 is 1.59 bits per heavy atom. The van der Waals surface area contributed by atoms with Crippen molar-refractivity contribution in [2.75, 3.05) is 6.61 Å². The van der Waals surface area contributed by atoms with E-state index < -0.39 is 24.5 Å². The maximum Gasteiger partial charge on any atom is 0.331 e. The van der Waals surface area contributed by atoms with Crippen LogP contribution < -0.4 is 0 Å². The van der Waals surface area contributed by atoms with Crippen LogP contribution in [-0.2, 0) is 4.79 Å².